The molecule has 3 aromatic rings. The Balaban J connectivity index is 0.00000280. The minimum atomic E-state index is -4.49. The fourth-order valence-corrected chi connectivity index (χ4v) is 2.36. The average Bonchev–Trinajstić information content (AvgIpc) is 3.02. The summed E-state index contributed by atoms with van der Waals surface area (Å²) >= 11 is 0. The van der Waals surface area contributed by atoms with Crippen LogP contribution in [0.1, 0.15) is 11.2 Å². The summed E-state index contributed by atoms with van der Waals surface area (Å²) < 4.78 is 50.0. The van der Waals surface area contributed by atoms with Crippen LogP contribution in [0, 0.1) is 5.82 Å². The number of hydrogen-bond acceptors (Lipinski definition) is 5. The third kappa shape index (κ3) is 4.49. The van der Waals surface area contributed by atoms with Gasteiger partial charge in [0.05, 0.1) is 6.20 Å². The van der Waals surface area contributed by atoms with Crippen molar-refractivity contribution in [1.29, 1.82) is 0 Å². The Bertz CT molecular complexity index is 985. The molecule has 148 valence electrons. The minimum absolute atomic E-state index is 0. The second-order valence-corrected chi connectivity index (χ2v) is 5.72. The lowest BCUT2D eigenvalue weighted by molar-refractivity contribution is -0.138. The maximum absolute atomic E-state index is 13.5. The number of pyridine rings is 1. The van der Waals surface area contributed by atoms with Crippen LogP contribution in [0.2, 0.25) is 0 Å². The van der Waals surface area contributed by atoms with Crippen molar-refractivity contribution in [3.8, 4) is 11.4 Å². The van der Waals surface area contributed by atoms with Crippen molar-refractivity contribution >= 4 is 22.8 Å². The van der Waals surface area contributed by atoms with E-state index in [9.17, 15) is 22.4 Å². The van der Waals surface area contributed by atoms with Crippen molar-refractivity contribution in [2.24, 2.45) is 0 Å². The van der Waals surface area contributed by atoms with Crippen molar-refractivity contribution in [1.82, 2.24) is 25.3 Å². The zero-order valence-corrected chi connectivity index (χ0v) is 13.9. The maximum atomic E-state index is 13.5. The average molecular weight is 388 g/mol. The quantitative estimate of drug-likeness (QED) is 0.583. The Hall–Kier alpha value is -3.24. The lowest BCUT2D eigenvalue weighted by atomic mass is 10.2. The summed E-state index contributed by atoms with van der Waals surface area (Å²) in [6, 6.07) is 1.78. The van der Waals surface area contributed by atoms with Gasteiger partial charge in [-0.15, -0.1) is 0 Å². The van der Waals surface area contributed by atoms with Crippen molar-refractivity contribution in [3.05, 3.63) is 36.5 Å². The lowest BCUT2D eigenvalue weighted by Gasteiger charge is -2.15. The van der Waals surface area contributed by atoms with E-state index >= 15 is 0 Å². The van der Waals surface area contributed by atoms with E-state index in [0.29, 0.717) is 16.6 Å². The molecule has 0 bridgehead atoms. The molecular formula is C16H20F4N6O. The molecule has 0 saturated carbocycles. The Kier molecular flexibility index (Phi) is 4.93. The molecule has 0 aromatic carbocycles. The number of alkyl halides is 3. The second kappa shape index (κ2) is 7.17. The highest BCUT2D eigenvalue weighted by atomic mass is 19.4. The molecule has 0 saturated heterocycles. The van der Waals surface area contributed by atoms with Gasteiger partial charge < -0.3 is 15.6 Å². The Labute approximate surface area is 154 Å². The predicted octanol–water partition coefficient (Wildman–Crippen LogP) is 3.38. The maximum Gasteiger partial charge on any atom is 0.405 e. The summed E-state index contributed by atoms with van der Waals surface area (Å²) in [4.78, 5) is 26.9. The molecule has 1 atom stereocenters. The van der Waals surface area contributed by atoms with Gasteiger partial charge in [0.2, 0.25) is 5.91 Å². The number of halogens is 4. The van der Waals surface area contributed by atoms with Crippen molar-refractivity contribution in [3.63, 3.8) is 0 Å². The van der Waals surface area contributed by atoms with E-state index in [-0.39, 0.29) is 15.9 Å². The van der Waals surface area contributed by atoms with Gasteiger partial charge in [0.15, 0.2) is 5.82 Å². The lowest BCUT2D eigenvalue weighted by Crippen LogP contribution is -2.42. The molecule has 3 rings (SSSR count). The molecule has 3 N–H and O–H groups in total. The number of nitrogens with one attached hydrogen (secondary N) is 3. The fraction of sp³-hybridized carbons (Fsp3) is 0.250. The number of rotatable bonds is 5. The molecule has 11 heteroatoms. The van der Waals surface area contributed by atoms with E-state index in [1.54, 1.807) is 11.5 Å². The molecule has 3 aromatic heterocycles. The number of hydrogen-bond donors (Lipinski definition) is 3. The van der Waals surface area contributed by atoms with Crippen LogP contribution in [-0.2, 0) is 4.79 Å². The van der Waals surface area contributed by atoms with Crippen LogP contribution in [0.4, 0.5) is 23.4 Å². The summed E-state index contributed by atoms with van der Waals surface area (Å²) in [5.41, 5.74) is 0.947. The standard InChI is InChI=1S/C16H14F4N6O.3H2/c1-8(15(27)24-7-16(18,19)20)25-12-2-3-21-14(26-12)11-6-23-13-10(11)4-9(17)5-22-13;;;/h2-6,8H,7H2,1H3,(H,22,23)(H,24,27)(H,21,25,26);3*1H/t8-;;;/m1.../s1. The molecular weight excluding hydrogens is 368 g/mol. The molecule has 0 aliphatic heterocycles. The van der Waals surface area contributed by atoms with Crippen LogP contribution in [0.15, 0.2) is 30.7 Å². The molecule has 7 nitrogen and oxygen atoms in total. The van der Waals surface area contributed by atoms with Crippen LogP contribution in [0.3, 0.4) is 0 Å². The topological polar surface area (TPSA) is 95.6 Å². The molecule has 3 heterocycles. The molecule has 0 aliphatic carbocycles. The number of anilines is 1. The van der Waals surface area contributed by atoms with Gasteiger partial charge in [0.1, 0.15) is 29.9 Å². The first-order valence-corrected chi connectivity index (χ1v) is 7.80. The number of amides is 1. The van der Waals surface area contributed by atoms with Gasteiger partial charge in [-0.3, -0.25) is 4.79 Å². The number of aromatic amines is 1. The number of nitrogens with zero attached hydrogens (tertiary/aromatic N) is 3. The van der Waals surface area contributed by atoms with Crippen LogP contribution in [-0.4, -0.2) is 44.6 Å². The fourth-order valence-electron chi connectivity index (χ4n) is 2.36. The highest BCUT2D eigenvalue weighted by Crippen LogP contribution is 2.26. The summed E-state index contributed by atoms with van der Waals surface area (Å²) in [6.45, 7) is -0.0146. The van der Waals surface area contributed by atoms with Gasteiger partial charge in [0.25, 0.3) is 0 Å². The largest absolute Gasteiger partial charge is 0.405 e. The van der Waals surface area contributed by atoms with Crippen LogP contribution in [0.25, 0.3) is 22.4 Å². The molecule has 0 unspecified atom stereocenters. The number of aromatic nitrogens is 4. The number of carbonyl (C=O) groups excluding carboxylic acids is 1. The third-order valence-electron chi connectivity index (χ3n) is 3.61. The highest BCUT2D eigenvalue weighted by Gasteiger charge is 2.28. The van der Waals surface area contributed by atoms with Crippen LogP contribution < -0.4 is 10.6 Å². The smallest absolute Gasteiger partial charge is 0.359 e. The monoisotopic (exact) mass is 388 g/mol. The van der Waals surface area contributed by atoms with Gasteiger partial charge >= 0.3 is 6.18 Å². The van der Waals surface area contributed by atoms with Gasteiger partial charge in [-0.05, 0) is 19.1 Å². The summed E-state index contributed by atoms with van der Waals surface area (Å²) in [7, 11) is 0. The Morgan fingerprint density at radius 2 is 2.15 bits per heavy atom. The van der Waals surface area contributed by atoms with Gasteiger partial charge in [0, 0.05) is 27.6 Å². The van der Waals surface area contributed by atoms with Gasteiger partial charge in [-0.25, -0.2) is 19.3 Å². The SMILES string of the molecule is C[C@@H](Nc1ccnc(-c2c[nH]c3ncc(F)cc23)n1)C(=O)NCC(F)(F)F.[HH].[HH].[HH]. The summed E-state index contributed by atoms with van der Waals surface area (Å²) in [5.74, 6) is -0.881. The Morgan fingerprint density at radius 3 is 2.89 bits per heavy atom. The van der Waals surface area contributed by atoms with Crippen molar-refractivity contribution in [2.45, 2.75) is 19.1 Å². The van der Waals surface area contributed by atoms with E-state index < -0.39 is 30.5 Å². The zero-order chi connectivity index (χ0) is 19.6. The molecule has 1 amide bonds. The van der Waals surface area contributed by atoms with E-state index in [0.717, 1.165) is 6.20 Å². The zero-order valence-electron chi connectivity index (χ0n) is 13.9. The molecule has 0 aliphatic rings. The predicted molar refractivity (Wildman–Crippen MR) is 95.6 cm³/mol. The third-order valence-corrected chi connectivity index (χ3v) is 3.61. The normalized spacial score (nSPS) is 12.8. The number of fused-ring (bicyclic) bond motifs is 1. The molecule has 0 spiro atoms. The van der Waals surface area contributed by atoms with Crippen molar-refractivity contribution < 1.29 is 26.6 Å². The van der Waals surface area contributed by atoms with Crippen LogP contribution in [0.5, 0.6) is 0 Å². The van der Waals surface area contributed by atoms with E-state index in [2.05, 4.69) is 25.3 Å². The minimum Gasteiger partial charge on any atom is -0.359 e. The van der Waals surface area contributed by atoms with E-state index in [1.165, 1.54) is 25.3 Å². The summed E-state index contributed by atoms with van der Waals surface area (Å²) in [5, 5.41) is 4.97. The molecule has 0 radical (unpaired) electrons. The molecule has 27 heavy (non-hydrogen) atoms. The highest BCUT2D eigenvalue weighted by molar-refractivity contribution is 5.91. The number of carbonyl (C=O) groups is 1. The number of H-pyrrole nitrogens is 1. The first kappa shape index (κ1) is 18.5. The first-order chi connectivity index (χ1) is 12.7. The van der Waals surface area contributed by atoms with Crippen molar-refractivity contribution in [2.75, 3.05) is 11.9 Å². The second-order valence-electron chi connectivity index (χ2n) is 5.72. The van der Waals surface area contributed by atoms with Gasteiger partial charge in [-0.2, -0.15) is 13.2 Å². The molecule has 0 fully saturated rings. The Morgan fingerprint density at radius 1 is 1.37 bits per heavy atom. The van der Waals surface area contributed by atoms with Crippen LogP contribution >= 0.6 is 0 Å². The first-order valence-electron chi connectivity index (χ1n) is 7.80. The summed E-state index contributed by atoms with van der Waals surface area (Å²) in [6.07, 6.45) is -0.439. The van der Waals surface area contributed by atoms with Gasteiger partial charge in [-0.1, -0.05) is 0 Å². The van der Waals surface area contributed by atoms with E-state index in [1.807, 2.05) is 0 Å². The van der Waals surface area contributed by atoms with E-state index in [4.69, 9.17) is 0 Å².